The largest absolute Gasteiger partial charge is 0.381 e. The van der Waals surface area contributed by atoms with Crippen molar-refractivity contribution in [3.63, 3.8) is 0 Å². The van der Waals surface area contributed by atoms with Crippen LogP contribution in [0.1, 0.15) is 31.2 Å². The molecule has 14 heteroatoms. The monoisotopic (exact) mass is 641 g/mol. The van der Waals surface area contributed by atoms with E-state index in [-0.39, 0.29) is 47.6 Å². The number of piperidine rings is 1. The molecule has 0 spiro atoms. The lowest BCUT2D eigenvalue weighted by molar-refractivity contribution is 0.00183. The van der Waals surface area contributed by atoms with Crippen molar-refractivity contribution in [1.29, 1.82) is 0 Å². The van der Waals surface area contributed by atoms with Gasteiger partial charge < -0.3 is 25.4 Å². The van der Waals surface area contributed by atoms with Crippen LogP contribution in [-0.2, 0) is 19.3 Å². The zero-order chi connectivity index (χ0) is 31.7. The van der Waals surface area contributed by atoms with E-state index in [0.717, 1.165) is 18.5 Å². The first-order valence-corrected chi connectivity index (χ1v) is 17.1. The molecule has 3 aromatic heterocycles. The van der Waals surface area contributed by atoms with E-state index in [1.807, 2.05) is 13.0 Å². The molecular formula is C31H37F2N7O4S. The summed E-state index contributed by atoms with van der Waals surface area (Å²) in [5, 5.41) is 7.86. The Hall–Kier alpha value is -3.72. The Morgan fingerprint density at radius 2 is 1.87 bits per heavy atom. The van der Waals surface area contributed by atoms with Crippen molar-refractivity contribution in [2.75, 3.05) is 55.1 Å². The third-order valence-electron chi connectivity index (χ3n) is 8.47. The van der Waals surface area contributed by atoms with Crippen LogP contribution in [-0.4, -0.2) is 85.1 Å². The number of imidazole rings is 1. The minimum absolute atomic E-state index is 0.0217. The summed E-state index contributed by atoms with van der Waals surface area (Å²) in [6.45, 7) is 4.36. The van der Waals surface area contributed by atoms with Crippen LogP contribution in [0.5, 0.6) is 0 Å². The highest BCUT2D eigenvalue weighted by atomic mass is 32.2. The summed E-state index contributed by atoms with van der Waals surface area (Å²) < 4.78 is 66.6. The molecule has 0 radical (unpaired) electrons. The van der Waals surface area contributed by atoms with Gasteiger partial charge in [0.15, 0.2) is 0 Å². The molecule has 0 bridgehead atoms. The molecule has 11 nitrogen and oxygen atoms in total. The average molecular weight is 642 g/mol. The van der Waals surface area contributed by atoms with Crippen LogP contribution >= 0.6 is 0 Å². The van der Waals surface area contributed by atoms with Gasteiger partial charge in [0, 0.05) is 50.7 Å². The molecule has 1 aromatic carbocycles. The highest BCUT2D eigenvalue weighted by molar-refractivity contribution is 7.90. The summed E-state index contributed by atoms with van der Waals surface area (Å²) in [5.74, 6) is -0.963. The van der Waals surface area contributed by atoms with Crippen LogP contribution in [0.3, 0.4) is 0 Å². The summed E-state index contributed by atoms with van der Waals surface area (Å²) in [4.78, 5) is 10.9. The van der Waals surface area contributed by atoms with E-state index in [2.05, 4.69) is 25.3 Å². The summed E-state index contributed by atoms with van der Waals surface area (Å²) in [6.07, 6.45) is 7.32. The number of anilines is 3. The van der Waals surface area contributed by atoms with Crippen LogP contribution in [0.15, 0.2) is 48.9 Å². The maximum absolute atomic E-state index is 15.4. The fourth-order valence-corrected chi connectivity index (χ4v) is 6.61. The summed E-state index contributed by atoms with van der Waals surface area (Å²) in [7, 11) is -3.13. The van der Waals surface area contributed by atoms with Crippen molar-refractivity contribution in [3.8, 4) is 11.3 Å². The molecule has 5 heterocycles. The topological polar surface area (TPSA) is 137 Å². The van der Waals surface area contributed by atoms with Crippen LogP contribution in [0.4, 0.5) is 26.1 Å². The number of benzene rings is 1. The van der Waals surface area contributed by atoms with E-state index >= 15 is 8.78 Å². The molecule has 240 valence electrons. The molecule has 3 atom stereocenters. The molecule has 2 aliphatic heterocycles. The smallest absolute Gasteiger partial charge is 0.229 e. The molecule has 0 amide bonds. The fourth-order valence-electron chi connectivity index (χ4n) is 6.21. The quantitative estimate of drug-likeness (QED) is 0.277. The molecule has 3 N–H and O–H groups in total. The molecule has 4 aromatic rings. The Balaban J connectivity index is 1.23. The van der Waals surface area contributed by atoms with E-state index in [9.17, 15) is 8.42 Å². The van der Waals surface area contributed by atoms with Gasteiger partial charge in [0.25, 0.3) is 0 Å². The van der Waals surface area contributed by atoms with Crippen LogP contribution in [0.25, 0.3) is 16.8 Å². The van der Waals surface area contributed by atoms with Gasteiger partial charge in [-0.3, -0.25) is 4.98 Å². The standard InChI is InChI=1S/C31H37F2N7O4S/c1-19-17-39(18-25(34)30(19)44-11-12-45(2,41)42)28-5-8-35-16-27(28)37-31-36-15-22-3-4-26(38-40(22)31)29-23(32)13-21(14-24(29)33)20-6-9-43-10-7-20/h3-5,8,13-16,19-20,25,30H,6-7,9-12,17-18,34H2,1-2H3,(H,36,37). The molecule has 2 saturated heterocycles. The molecule has 45 heavy (non-hydrogen) atoms. The highest BCUT2D eigenvalue weighted by Gasteiger charge is 2.34. The third kappa shape index (κ3) is 6.93. The van der Waals surface area contributed by atoms with Gasteiger partial charge in [-0.05, 0) is 54.7 Å². The van der Waals surface area contributed by atoms with E-state index in [1.165, 1.54) is 22.9 Å². The minimum atomic E-state index is -3.13. The summed E-state index contributed by atoms with van der Waals surface area (Å²) in [5.41, 5.74) is 9.19. The number of ether oxygens (including phenoxy) is 2. The number of fused-ring (bicyclic) bond motifs is 1. The number of halogens is 2. The second-order valence-corrected chi connectivity index (χ2v) is 14.2. The summed E-state index contributed by atoms with van der Waals surface area (Å²) in [6, 6.07) is 7.61. The van der Waals surface area contributed by atoms with Gasteiger partial charge in [0.1, 0.15) is 21.5 Å². The van der Waals surface area contributed by atoms with Gasteiger partial charge in [0.2, 0.25) is 5.95 Å². The lowest BCUT2D eigenvalue weighted by Crippen LogP contribution is -2.57. The molecule has 0 aliphatic carbocycles. The van der Waals surface area contributed by atoms with Crippen LogP contribution < -0.4 is 16.0 Å². The number of nitrogens with one attached hydrogen (secondary N) is 1. The number of aromatic nitrogens is 4. The van der Waals surface area contributed by atoms with Gasteiger partial charge in [-0.25, -0.2) is 22.2 Å². The highest BCUT2D eigenvalue weighted by Crippen LogP contribution is 2.34. The molecule has 3 unspecified atom stereocenters. The van der Waals surface area contributed by atoms with Crippen LogP contribution in [0, 0.1) is 17.6 Å². The van der Waals surface area contributed by atoms with Gasteiger partial charge in [0.05, 0.1) is 59.0 Å². The summed E-state index contributed by atoms with van der Waals surface area (Å²) >= 11 is 0. The Morgan fingerprint density at radius 3 is 2.58 bits per heavy atom. The average Bonchev–Trinajstić information content (AvgIpc) is 3.40. The van der Waals surface area contributed by atoms with Crippen molar-refractivity contribution < 1.29 is 26.7 Å². The van der Waals surface area contributed by atoms with Gasteiger partial charge in [-0.1, -0.05) is 6.92 Å². The number of pyridine rings is 1. The number of sulfone groups is 1. The first-order chi connectivity index (χ1) is 21.6. The van der Waals surface area contributed by atoms with Gasteiger partial charge >= 0.3 is 0 Å². The number of hydrogen-bond acceptors (Lipinski definition) is 10. The molecular weight excluding hydrogens is 604 g/mol. The minimum Gasteiger partial charge on any atom is -0.381 e. The van der Waals surface area contributed by atoms with Gasteiger partial charge in [-0.2, -0.15) is 9.61 Å². The first-order valence-electron chi connectivity index (χ1n) is 15.0. The number of rotatable bonds is 9. The maximum atomic E-state index is 15.4. The van der Waals surface area contributed by atoms with Crippen molar-refractivity contribution >= 4 is 32.7 Å². The second kappa shape index (κ2) is 12.9. The predicted octanol–water partition coefficient (Wildman–Crippen LogP) is 3.92. The Bertz CT molecular complexity index is 1750. The number of nitrogens with zero attached hydrogens (tertiary/aromatic N) is 5. The predicted molar refractivity (Wildman–Crippen MR) is 167 cm³/mol. The Morgan fingerprint density at radius 1 is 1.11 bits per heavy atom. The molecule has 6 rings (SSSR count). The van der Waals surface area contributed by atoms with E-state index in [1.54, 1.807) is 30.7 Å². The van der Waals surface area contributed by atoms with E-state index in [0.29, 0.717) is 49.0 Å². The molecule has 2 fully saturated rings. The van der Waals surface area contributed by atoms with E-state index in [4.69, 9.17) is 15.2 Å². The van der Waals surface area contributed by atoms with Crippen molar-refractivity contribution in [2.45, 2.75) is 37.8 Å². The van der Waals surface area contributed by atoms with Crippen molar-refractivity contribution in [1.82, 2.24) is 19.6 Å². The number of hydrogen-bond donors (Lipinski definition) is 2. The maximum Gasteiger partial charge on any atom is 0.229 e. The van der Waals surface area contributed by atoms with Crippen molar-refractivity contribution in [2.24, 2.45) is 11.7 Å². The zero-order valence-electron chi connectivity index (χ0n) is 25.2. The zero-order valence-corrected chi connectivity index (χ0v) is 26.0. The fraction of sp³-hybridized carbons (Fsp3) is 0.452. The lowest BCUT2D eigenvalue weighted by atomic mass is 9.90. The normalized spacial score (nSPS) is 21.4. The van der Waals surface area contributed by atoms with Gasteiger partial charge in [-0.15, -0.1) is 0 Å². The third-order valence-corrected chi connectivity index (χ3v) is 9.38. The van der Waals surface area contributed by atoms with E-state index < -0.39 is 21.5 Å². The lowest BCUT2D eigenvalue weighted by Gasteiger charge is -2.42. The first kappa shape index (κ1) is 31.3. The van der Waals surface area contributed by atoms with Crippen molar-refractivity contribution in [3.05, 3.63) is 66.1 Å². The van der Waals surface area contributed by atoms with Crippen LogP contribution in [0.2, 0.25) is 0 Å². The SMILES string of the molecule is CC1CN(c2ccncc2Nc2ncc3ccc(-c4c(F)cc(C5CCOCC5)cc4F)nn23)CC(N)C1OCCS(C)(=O)=O. The number of nitrogens with two attached hydrogens (primary N) is 1. The molecule has 2 aliphatic rings. The Kier molecular flexibility index (Phi) is 9.00. The molecule has 0 saturated carbocycles. The Labute approximate surface area is 260 Å². The second-order valence-electron chi connectivity index (χ2n) is 11.9.